The van der Waals surface area contributed by atoms with Crippen molar-refractivity contribution in [1.29, 1.82) is 0 Å². The number of aromatic hydroxyl groups is 1. The smallest absolute Gasteiger partial charge is 0.255 e. The number of rotatable bonds is 7. The van der Waals surface area contributed by atoms with E-state index >= 15 is 0 Å². The van der Waals surface area contributed by atoms with Crippen LogP contribution in [-0.2, 0) is 6.42 Å². The molecule has 0 aliphatic heterocycles. The van der Waals surface area contributed by atoms with Gasteiger partial charge in [0.25, 0.3) is 5.91 Å². The molecule has 0 atom stereocenters. The molecule has 8 heteroatoms. The molecule has 3 aromatic carbocycles. The number of nitrogens with zero attached hydrogens (tertiary/aromatic N) is 3. The molecule has 2 heterocycles. The van der Waals surface area contributed by atoms with Crippen LogP contribution in [0, 0.1) is 6.92 Å². The minimum absolute atomic E-state index is 0.206. The molecule has 37 heavy (non-hydrogen) atoms. The van der Waals surface area contributed by atoms with Crippen molar-refractivity contribution in [2.45, 2.75) is 30.1 Å². The average molecular weight is 508 g/mol. The van der Waals surface area contributed by atoms with Gasteiger partial charge in [-0.05, 0) is 85.6 Å². The first kappa shape index (κ1) is 24.3. The van der Waals surface area contributed by atoms with Gasteiger partial charge in [0.2, 0.25) is 0 Å². The van der Waals surface area contributed by atoms with Gasteiger partial charge in [0.15, 0.2) is 5.65 Å². The van der Waals surface area contributed by atoms with Crippen molar-refractivity contribution >= 4 is 45.9 Å². The third-order valence-corrected chi connectivity index (χ3v) is 6.84. The first-order valence-corrected chi connectivity index (χ1v) is 12.7. The predicted octanol–water partition coefficient (Wildman–Crippen LogP) is 6.75. The fourth-order valence-electron chi connectivity index (χ4n) is 3.83. The summed E-state index contributed by atoms with van der Waals surface area (Å²) >= 11 is 1.52. The summed E-state index contributed by atoms with van der Waals surface area (Å²) in [5, 5.41) is 16.8. The number of aryl methyl sites for hydroxylation is 2. The highest BCUT2D eigenvalue weighted by Crippen LogP contribution is 2.37. The number of anilines is 3. The molecule has 0 aliphatic rings. The Labute approximate surface area is 219 Å². The summed E-state index contributed by atoms with van der Waals surface area (Å²) in [5.41, 5.74) is 4.59. The van der Waals surface area contributed by atoms with Crippen LogP contribution in [0.25, 0.3) is 11.0 Å². The maximum atomic E-state index is 13.1. The van der Waals surface area contributed by atoms with E-state index in [4.69, 9.17) is 0 Å². The number of pyridine rings is 1. The van der Waals surface area contributed by atoms with Gasteiger partial charge in [-0.2, -0.15) is 0 Å². The zero-order chi connectivity index (χ0) is 25.8. The fraction of sp³-hybridized carbons (Fsp3) is 0.103. The van der Waals surface area contributed by atoms with Crippen LogP contribution < -0.4 is 10.6 Å². The largest absolute Gasteiger partial charge is 0.508 e. The number of carbonyl (C=O) groups is 1. The van der Waals surface area contributed by atoms with Crippen molar-refractivity contribution in [3.8, 4) is 5.75 Å². The Kier molecular flexibility index (Phi) is 7.00. The van der Waals surface area contributed by atoms with E-state index in [-0.39, 0.29) is 11.7 Å². The Morgan fingerprint density at radius 1 is 0.973 bits per heavy atom. The van der Waals surface area contributed by atoms with Crippen molar-refractivity contribution in [3.63, 3.8) is 0 Å². The van der Waals surface area contributed by atoms with Crippen LogP contribution in [0.2, 0.25) is 0 Å². The number of hydrogen-bond acceptors (Lipinski definition) is 7. The van der Waals surface area contributed by atoms with Crippen LogP contribution >= 0.6 is 11.8 Å². The number of fused-ring (bicyclic) bond motifs is 1. The van der Waals surface area contributed by atoms with Crippen LogP contribution in [0.1, 0.15) is 28.5 Å². The average Bonchev–Trinajstić information content (AvgIpc) is 2.90. The van der Waals surface area contributed by atoms with Crippen LogP contribution in [-0.4, -0.2) is 26.0 Å². The van der Waals surface area contributed by atoms with E-state index in [1.165, 1.54) is 18.1 Å². The number of benzene rings is 3. The molecule has 0 saturated carbocycles. The van der Waals surface area contributed by atoms with Gasteiger partial charge in [0.05, 0.1) is 11.1 Å². The minimum Gasteiger partial charge on any atom is -0.508 e. The molecule has 5 rings (SSSR count). The molecule has 184 valence electrons. The predicted molar refractivity (Wildman–Crippen MR) is 148 cm³/mol. The molecule has 0 fully saturated rings. The van der Waals surface area contributed by atoms with Crippen molar-refractivity contribution < 1.29 is 9.90 Å². The number of phenolic OH excluding ortho intramolecular Hbond substituents is 1. The Balaban J connectivity index is 1.52. The molecule has 5 aromatic rings. The van der Waals surface area contributed by atoms with Gasteiger partial charge in [-0.25, -0.2) is 15.0 Å². The number of hydrogen-bond donors (Lipinski definition) is 3. The Bertz CT molecular complexity index is 1590. The van der Waals surface area contributed by atoms with Gasteiger partial charge < -0.3 is 15.7 Å². The summed E-state index contributed by atoms with van der Waals surface area (Å²) in [6.45, 7) is 4.03. The zero-order valence-electron chi connectivity index (χ0n) is 20.4. The maximum absolute atomic E-state index is 13.1. The van der Waals surface area contributed by atoms with Crippen LogP contribution in [0.4, 0.5) is 17.2 Å². The van der Waals surface area contributed by atoms with E-state index in [9.17, 15) is 9.90 Å². The molecule has 0 aliphatic carbocycles. The lowest BCUT2D eigenvalue weighted by molar-refractivity contribution is 0.102. The molecule has 0 radical (unpaired) electrons. The molecular weight excluding hydrogens is 482 g/mol. The van der Waals surface area contributed by atoms with Gasteiger partial charge in [-0.1, -0.05) is 30.8 Å². The lowest BCUT2D eigenvalue weighted by Gasteiger charge is -2.15. The quantitative estimate of drug-likeness (QED) is 0.224. The molecular formula is C29H25N5O2S. The van der Waals surface area contributed by atoms with E-state index in [1.807, 2.05) is 67.6 Å². The second-order valence-electron chi connectivity index (χ2n) is 8.51. The summed E-state index contributed by atoms with van der Waals surface area (Å²) in [7, 11) is 0. The van der Waals surface area contributed by atoms with E-state index < -0.39 is 0 Å². The van der Waals surface area contributed by atoms with Gasteiger partial charge in [-0.15, -0.1) is 0 Å². The molecule has 2 aromatic heterocycles. The van der Waals surface area contributed by atoms with Gasteiger partial charge >= 0.3 is 0 Å². The van der Waals surface area contributed by atoms with Crippen molar-refractivity contribution in [3.05, 3.63) is 102 Å². The Morgan fingerprint density at radius 2 is 1.81 bits per heavy atom. The number of aromatic nitrogens is 3. The third-order valence-electron chi connectivity index (χ3n) is 5.75. The molecule has 1 amide bonds. The summed E-state index contributed by atoms with van der Waals surface area (Å²) in [6, 6.07) is 24.1. The maximum Gasteiger partial charge on any atom is 0.255 e. The van der Waals surface area contributed by atoms with Gasteiger partial charge in [0.1, 0.15) is 17.9 Å². The van der Waals surface area contributed by atoms with Crippen molar-refractivity contribution in [1.82, 2.24) is 15.0 Å². The second-order valence-corrected chi connectivity index (χ2v) is 9.62. The fourth-order valence-corrected chi connectivity index (χ4v) is 4.71. The second kappa shape index (κ2) is 10.7. The van der Waals surface area contributed by atoms with Gasteiger partial charge in [-0.3, -0.25) is 4.79 Å². The molecule has 0 bridgehead atoms. The van der Waals surface area contributed by atoms with E-state index in [0.29, 0.717) is 17.0 Å². The topological polar surface area (TPSA) is 100 Å². The highest BCUT2D eigenvalue weighted by atomic mass is 32.2. The SMILES string of the molecule is CCc1ccc2c(Nc3cc(C(=O)Nc4cccc(C)c4)ccc3Sc3ccc(O)cc3)ncnc2n1. The summed E-state index contributed by atoms with van der Waals surface area (Å²) in [5.74, 6) is 0.595. The summed E-state index contributed by atoms with van der Waals surface area (Å²) in [4.78, 5) is 28.4. The number of amides is 1. The number of nitrogens with one attached hydrogen (secondary N) is 2. The van der Waals surface area contributed by atoms with E-state index in [2.05, 4.69) is 32.5 Å². The van der Waals surface area contributed by atoms with Gasteiger partial charge in [0, 0.05) is 26.7 Å². The summed E-state index contributed by atoms with van der Waals surface area (Å²) < 4.78 is 0. The molecule has 3 N–H and O–H groups in total. The lowest BCUT2D eigenvalue weighted by Crippen LogP contribution is -2.12. The normalized spacial score (nSPS) is 10.9. The zero-order valence-corrected chi connectivity index (χ0v) is 21.2. The molecule has 7 nitrogen and oxygen atoms in total. The first-order chi connectivity index (χ1) is 18.0. The van der Waals surface area contributed by atoms with Crippen LogP contribution in [0.3, 0.4) is 0 Å². The Morgan fingerprint density at radius 3 is 2.59 bits per heavy atom. The molecule has 0 unspecified atom stereocenters. The Hall–Kier alpha value is -4.43. The minimum atomic E-state index is -0.211. The monoisotopic (exact) mass is 507 g/mol. The number of phenols is 1. The molecule has 0 spiro atoms. The highest BCUT2D eigenvalue weighted by Gasteiger charge is 2.14. The first-order valence-electron chi connectivity index (χ1n) is 11.8. The highest BCUT2D eigenvalue weighted by molar-refractivity contribution is 7.99. The van der Waals surface area contributed by atoms with Crippen LogP contribution in [0.5, 0.6) is 5.75 Å². The van der Waals surface area contributed by atoms with Crippen molar-refractivity contribution in [2.24, 2.45) is 0 Å². The van der Waals surface area contributed by atoms with Crippen molar-refractivity contribution in [2.75, 3.05) is 10.6 Å². The molecule has 0 saturated heterocycles. The summed E-state index contributed by atoms with van der Waals surface area (Å²) in [6.07, 6.45) is 2.30. The standard InChI is InChI=1S/C29H25N5O2S/c1-3-20-8-13-24-27(32-20)30-17-31-28(24)34-25-16-19(29(36)33-21-6-4-5-18(2)15-21)7-14-26(25)37-23-11-9-22(35)10-12-23/h4-17,35H,3H2,1-2H3,(H,33,36)(H,30,31,32,34). The van der Waals surface area contributed by atoms with E-state index in [0.717, 1.165) is 44.2 Å². The van der Waals surface area contributed by atoms with E-state index in [1.54, 1.807) is 18.2 Å². The third kappa shape index (κ3) is 5.70. The number of carbonyl (C=O) groups excluding carboxylic acids is 1. The van der Waals surface area contributed by atoms with Crippen LogP contribution in [0.15, 0.2) is 95.0 Å². The lowest BCUT2D eigenvalue weighted by atomic mass is 10.1.